The molecule has 0 atom stereocenters. The molecule has 0 amide bonds. The van der Waals surface area contributed by atoms with E-state index in [1.807, 2.05) is 6.07 Å². The first kappa shape index (κ1) is 9.74. The lowest BCUT2D eigenvalue weighted by molar-refractivity contribution is 1.16. The molecule has 2 rings (SSSR count). The predicted octanol–water partition coefficient (Wildman–Crippen LogP) is 4.72. The second-order valence-electron chi connectivity index (χ2n) is 2.84. The van der Waals surface area contributed by atoms with Gasteiger partial charge in [-0.05, 0) is 46.7 Å². The Labute approximate surface area is 100 Å². The molecule has 0 unspecified atom stereocenters. The number of rotatable bonds is 1. The molecule has 13 heavy (non-hydrogen) atoms. The normalized spacial score (nSPS) is 11.0. The van der Waals surface area contributed by atoms with Crippen molar-refractivity contribution in [1.29, 1.82) is 0 Å². The number of halogens is 2. The molecule has 1 aromatic carbocycles. The molecular weight excluding hydrogens is 315 g/mol. The van der Waals surface area contributed by atoms with Gasteiger partial charge in [0.25, 0.3) is 0 Å². The van der Waals surface area contributed by atoms with Crippen LogP contribution in [0.5, 0.6) is 0 Å². The minimum absolute atomic E-state index is 0.895. The van der Waals surface area contributed by atoms with E-state index in [-0.39, 0.29) is 0 Å². The molecular formula is C10H8ClIS. The SMILES string of the molecule is CCc1c(Cl)ccc2scc(I)c12. The molecule has 0 N–H and O–H groups in total. The van der Waals surface area contributed by atoms with Crippen molar-refractivity contribution >= 4 is 55.6 Å². The van der Waals surface area contributed by atoms with Crippen LogP contribution >= 0.6 is 45.5 Å². The monoisotopic (exact) mass is 322 g/mol. The van der Waals surface area contributed by atoms with Crippen molar-refractivity contribution in [2.75, 3.05) is 0 Å². The van der Waals surface area contributed by atoms with Gasteiger partial charge in [0, 0.05) is 24.1 Å². The fraction of sp³-hybridized carbons (Fsp3) is 0.200. The summed E-state index contributed by atoms with van der Waals surface area (Å²) in [6.45, 7) is 2.15. The quantitative estimate of drug-likeness (QED) is 0.666. The fourth-order valence-electron chi connectivity index (χ4n) is 1.48. The summed E-state index contributed by atoms with van der Waals surface area (Å²) in [6, 6.07) is 4.10. The number of fused-ring (bicyclic) bond motifs is 1. The summed E-state index contributed by atoms with van der Waals surface area (Å²) in [5, 5.41) is 4.42. The summed E-state index contributed by atoms with van der Waals surface area (Å²) in [6.07, 6.45) is 1.00. The van der Waals surface area contributed by atoms with Crippen LogP contribution in [0, 0.1) is 3.57 Å². The van der Waals surface area contributed by atoms with Crippen LogP contribution in [0.1, 0.15) is 12.5 Å². The molecule has 0 saturated carbocycles. The van der Waals surface area contributed by atoms with E-state index >= 15 is 0 Å². The fourth-order valence-corrected chi connectivity index (χ4v) is 3.80. The van der Waals surface area contributed by atoms with E-state index in [1.165, 1.54) is 19.2 Å². The molecule has 0 aliphatic carbocycles. The van der Waals surface area contributed by atoms with Gasteiger partial charge in [0.05, 0.1) is 0 Å². The number of hydrogen-bond donors (Lipinski definition) is 0. The van der Waals surface area contributed by atoms with Crippen molar-refractivity contribution in [3.63, 3.8) is 0 Å². The van der Waals surface area contributed by atoms with E-state index in [9.17, 15) is 0 Å². The van der Waals surface area contributed by atoms with Crippen molar-refractivity contribution in [3.05, 3.63) is 31.7 Å². The zero-order valence-electron chi connectivity index (χ0n) is 7.10. The summed E-state index contributed by atoms with van der Waals surface area (Å²) in [5.41, 5.74) is 1.28. The molecule has 0 radical (unpaired) electrons. The van der Waals surface area contributed by atoms with Gasteiger partial charge in [0.2, 0.25) is 0 Å². The Kier molecular flexibility index (Phi) is 2.81. The van der Waals surface area contributed by atoms with Gasteiger partial charge in [0.15, 0.2) is 0 Å². The first-order valence-electron chi connectivity index (χ1n) is 4.08. The summed E-state index contributed by atoms with van der Waals surface area (Å²) in [5.74, 6) is 0. The van der Waals surface area contributed by atoms with Crippen LogP contribution in [0.15, 0.2) is 17.5 Å². The Morgan fingerprint density at radius 1 is 1.46 bits per heavy atom. The molecule has 0 aliphatic heterocycles. The van der Waals surface area contributed by atoms with Gasteiger partial charge in [0.1, 0.15) is 0 Å². The van der Waals surface area contributed by atoms with Crippen molar-refractivity contribution < 1.29 is 0 Å². The van der Waals surface area contributed by atoms with Crippen molar-refractivity contribution in [1.82, 2.24) is 0 Å². The Bertz CT molecular complexity index is 447. The summed E-state index contributed by atoms with van der Waals surface area (Å²) < 4.78 is 2.66. The van der Waals surface area contributed by atoms with E-state index in [2.05, 4.69) is 41.0 Å². The average molecular weight is 323 g/mol. The van der Waals surface area contributed by atoms with Crippen LogP contribution in [0.25, 0.3) is 10.1 Å². The molecule has 68 valence electrons. The molecule has 1 aromatic heterocycles. The van der Waals surface area contributed by atoms with Gasteiger partial charge in [-0.3, -0.25) is 0 Å². The van der Waals surface area contributed by atoms with E-state index in [0.717, 1.165) is 11.4 Å². The maximum Gasteiger partial charge on any atom is 0.0445 e. The standard InChI is InChI=1S/C10H8ClIS/c1-2-6-7(11)3-4-9-10(6)8(12)5-13-9/h3-5H,2H2,1H3. The highest BCUT2D eigenvalue weighted by atomic mass is 127. The van der Waals surface area contributed by atoms with E-state index < -0.39 is 0 Å². The molecule has 0 saturated heterocycles. The van der Waals surface area contributed by atoms with Crippen molar-refractivity contribution in [2.24, 2.45) is 0 Å². The van der Waals surface area contributed by atoms with Crippen LogP contribution in [0.3, 0.4) is 0 Å². The molecule has 0 aliphatic rings. The zero-order valence-corrected chi connectivity index (χ0v) is 10.8. The number of benzene rings is 1. The highest BCUT2D eigenvalue weighted by Crippen LogP contribution is 2.34. The van der Waals surface area contributed by atoms with Crippen LogP contribution in [0.4, 0.5) is 0 Å². The molecule has 0 spiro atoms. The first-order chi connectivity index (χ1) is 6.24. The van der Waals surface area contributed by atoms with Crippen LogP contribution < -0.4 is 0 Å². The Balaban J connectivity index is 2.88. The molecule has 0 bridgehead atoms. The maximum absolute atomic E-state index is 6.13. The average Bonchev–Trinajstić information content (AvgIpc) is 2.49. The highest BCUT2D eigenvalue weighted by Gasteiger charge is 2.08. The van der Waals surface area contributed by atoms with Crippen LogP contribution in [-0.2, 0) is 6.42 Å². The molecule has 1 heterocycles. The van der Waals surface area contributed by atoms with Crippen LogP contribution in [-0.4, -0.2) is 0 Å². The largest absolute Gasteiger partial charge is 0.143 e. The third-order valence-corrected chi connectivity index (χ3v) is 4.67. The number of thiophene rings is 1. The minimum Gasteiger partial charge on any atom is -0.143 e. The van der Waals surface area contributed by atoms with Crippen molar-refractivity contribution in [2.45, 2.75) is 13.3 Å². The Hall–Kier alpha value is 0.200. The van der Waals surface area contributed by atoms with Crippen molar-refractivity contribution in [3.8, 4) is 0 Å². The first-order valence-corrected chi connectivity index (χ1v) is 6.41. The van der Waals surface area contributed by atoms with Crippen LogP contribution in [0.2, 0.25) is 5.02 Å². The van der Waals surface area contributed by atoms with Gasteiger partial charge < -0.3 is 0 Å². The molecule has 0 fully saturated rings. The molecule has 0 nitrogen and oxygen atoms in total. The lowest BCUT2D eigenvalue weighted by Crippen LogP contribution is -1.84. The van der Waals surface area contributed by atoms with E-state index in [0.29, 0.717) is 0 Å². The third kappa shape index (κ3) is 1.60. The predicted molar refractivity (Wildman–Crippen MR) is 68.9 cm³/mol. The van der Waals surface area contributed by atoms with E-state index in [4.69, 9.17) is 11.6 Å². The Morgan fingerprint density at radius 2 is 2.23 bits per heavy atom. The highest BCUT2D eigenvalue weighted by molar-refractivity contribution is 14.1. The zero-order chi connectivity index (χ0) is 9.42. The maximum atomic E-state index is 6.13. The number of aryl methyl sites for hydroxylation is 1. The lowest BCUT2D eigenvalue weighted by Gasteiger charge is -2.03. The smallest absolute Gasteiger partial charge is 0.0445 e. The number of hydrogen-bond acceptors (Lipinski definition) is 1. The third-order valence-electron chi connectivity index (χ3n) is 2.10. The van der Waals surface area contributed by atoms with E-state index in [1.54, 1.807) is 11.3 Å². The minimum atomic E-state index is 0.895. The second-order valence-corrected chi connectivity index (χ2v) is 5.32. The molecule has 3 heteroatoms. The summed E-state index contributed by atoms with van der Waals surface area (Å²) in [4.78, 5) is 0. The summed E-state index contributed by atoms with van der Waals surface area (Å²) in [7, 11) is 0. The second kappa shape index (κ2) is 3.75. The summed E-state index contributed by atoms with van der Waals surface area (Å²) >= 11 is 10.3. The molecule has 2 aromatic rings. The lowest BCUT2D eigenvalue weighted by atomic mass is 10.1. The van der Waals surface area contributed by atoms with Gasteiger partial charge in [-0.1, -0.05) is 18.5 Å². The van der Waals surface area contributed by atoms with Gasteiger partial charge >= 0.3 is 0 Å². The topological polar surface area (TPSA) is 0 Å². The Morgan fingerprint density at radius 3 is 2.92 bits per heavy atom. The van der Waals surface area contributed by atoms with Gasteiger partial charge in [-0.25, -0.2) is 0 Å². The van der Waals surface area contributed by atoms with Gasteiger partial charge in [-0.15, -0.1) is 11.3 Å². The van der Waals surface area contributed by atoms with Gasteiger partial charge in [-0.2, -0.15) is 0 Å².